The second-order valence-electron chi connectivity index (χ2n) is 6.32. The largest absolute Gasteiger partial charge is 0.487 e. The summed E-state index contributed by atoms with van der Waals surface area (Å²) >= 11 is 0. The van der Waals surface area contributed by atoms with Gasteiger partial charge in [-0.3, -0.25) is 4.79 Å². The zero-order valence-electron chi connectivity index (χ0n) is 14.0. The number of alkyl halides is 3. The highest BCUT2D eigenvalue weighted by Crippen LogP contribution is 2.30. The third-order valence-electron chi connectivity index (χ3n) is 4.24. The fourth-order valence-corrected chi connectivity index (χ4v) is 2.74. The van der Waals surface area contributed by atoms with Gasteiger partial charge in [0.25, 0.3) is 5.91 Å². The molecule has 0 aliphatic carbocycles. The van der Waals surface area contributed by atoms with Crippen LogP contribution in [0.25, 0.3) is 0 Å². The number of aliphatic hydroxyl groups is 1. The summed E-state index contributed by atoms with van der Waals surface area (Å²) in [6.45, 7) is 2.60. The van der Waals surface area contributed by atoms with E-state index in [1.165, 1.54) is 4.90 Å². The Kier molecular flexibility index (Phi) is 4.91. The standard InChI is InChI=1S/C19H18F3NO3/c1-12-3-2-4-15(9-12)26-16-10-23(11-16)18(25)17(24)13-5-7-14(8-6-13)19(20,21)22/h2-9,16-17,24H,10-11H2,1H3. The quantitative estimate of drug-likeness (QED) is 0.904. The topological polar surface area (TPSA) is 49.8 Å². The number of aliphatic hydroxyl groups excluding tert-OH is 1. The van der Waals surface area contributed by atoms with E-state index in [1.807, 2.05) is 31.2 Å². The zero-order valence-corrected chi connectivity index (χ0v) is 14.0. The normalized spacial score (nSPS) is 16.1. The monoisotopic (exact) mass is 365 g/mol. The van der Waals surface area contributed by atoms with Gasteiger partial charge in [-0.05, 0) is 42.3 Å². The Labute approximate surface area is 148 Å². The SMILES string of the molecule is Cc1cccc(OC2CN(C(=O)C(O)c3ccc(C(F)(F)F)cc3)C2)c1. The molecule has 1 aliphatic heterocycles. The minimum absolute atomic E-state index is 0.131. The van der Waals surface area contributed by atoms with Crippen LogP contribution < -0.4 is 4.74 Å². The molecule has 0 radical (unpaired) electrons. The first-order valence-electron chi connectivity index (χ1n) is 8.11. The molecule has 3 rings (SSSR count). The fourth-order valence-electron chi connectivity index (χ4n) is 2.74. The average molecular weight is 365 g/mol. The van der Waals surface area contributed by atoms with Crippen molar-refractivity contribution in [1.82, 2.24) is 4.90 Å². The summed E-state index contributed by atoms with van der Waals surface area (Å²) in [6.07, 6.45) is -6.11. The molecule has 1 N–H and O–H groups in total. The van der Waals surface area contributed by atoms with Crippen molar-refractivity contribution in [3.05, 3.63) is 65.2 Å². The van der Waals surface area contributed by atoms with E-state index >= 15 is 0 Å². The Morgan fingerprint density at radius 3 is 2.42 bits per heavy atom. The van der Waals surface area contributed by atoms with Gasteiger partial charge in [0.15, 0.2) is 6.10 Å². The van der Waals surface area contributed by atoms with Crippen molar-refractivity contribution in [3.63, 3.8) is 0 Å². The second kappa shape index (κ2) is 6.99. The van der Waals surface area contributed by atoms with E-state index in [0.717, 1.165) is 29.8 Å². The van der Waals surface area contributed by atoms with Crippen LogP contribution in [-0.2, 0) is 11.0 Å². The minimum Gasteiger partial charge on any atom is -0.487 e. The second-order valence-corrected chi connectivity index (χ2v) is 6.32. The number of likely N-dealkylation sites (tertiary alicyclic amines) is 1. The van der Waals surface area contributed by atoms with Gasteiger partial charge in [-0.2, -0.15) is 13.2 Å². The van der Waals surface area contributed by atoms with Crippen LogP contribution >= 0.6 is 0 Å². The molecule has 0 saturated carbocycles. The van der Waals surface area contributed by atoms with Crippen molar-refractivity contribution in [2.24, 2.45) is 0 Å². The smallest absolute Gasteiger partial charge is 0.416 e. The van der Waals surface area contributed by atoms with Gasteiger partial charge in [0.1, 0.15) is 11.9 Å². The molecule has 1 amide bonds. The first-order valence-corrected chi connectivity index (χ1v) is 8.11. The number of ether oxygens (including phenoxy) is 1. The lowest BCUT2D eigenvalue weighted by Gasteiger charge is -2.40. The van der Waals surface area contributed by atoms with Crippen molar-refractivity contribution in [1.29, 1.82) is 0 Å². The third-order valence-corrected chi connectivity index (χ3v) is 4.24. The van der Waals surface area contributed by atoms with Crippen LogP contribution in [0.5, 0.6) is 5.75 Å². The Balaban J connectivity index is 1.55. The Hall–Kier alpha value is -2.54. The van der Waals surface area contributed by atoms with E-state index in [4.69, 9.17) is 4.74 Å². The molecule has 0 spiro atoms. The first-order chi connectivity index (χ1) is 12.2. The van der Waals surface area contributed by atoms with Crippen LogP contribution in [0.1, 0.15) is 22.8 Å². The predicted octanol–water partition coefficient (Wildman–Crippen LogP) is 3.34. The highest BCUT2D eigenvalue weighted by atomic mass is 19.4. The van der Waals surface area contributed by atoms with Crippen molar-refractivity contribution < 1.29 is 27.8 Å². The molecule has 0 bridgehead atoms. The molecular formula is C19H18F3NO3. The zero-order chi connectivity index (χ0) is 18.9. The molecule has 2 aromatic rings. The first kappa shape index (κ1) is 18.3. The lowest BCUT2D eigenvalue weighted by Crippen LogP contribution is -2.57. The maximum atomic E-state index is 12.6. The summed E-state index contributed by atoms with van der Waals surface area (Å²) in [5.41, 5.74) is 0.370. The molecule has 1 atom stereocenters. The molecule has 26 heavy (non-hydrogen) atoms. The van der Waals surface area contributed by atoms with Crippen LogP contribution in [0.2, 0.25) is 0 Å². The summed E-state index contributed by atoms with van der Waals surface area (Å²) in [7, 11) is 0. The summed E-state index contributed by atoms with van der Waals surface area (Å²) in [5.74, 6) is 0.166. The van der Waals surface area contributed by atoms with E-state index in [-0.39, 0.29) is 11.7 Å². The van der Waals surface area contributed by atoms with Crippen molar-refractivity contribution in [3.8, 4) is 5.75 Å². The Bertz CT molecular complexity index is 783. The maximum absolute atomic E-state index is 12.6. The van der Waals surface area contributed by atoms with E-state index in [9.17, 15) is 23.1 Å². The van der Waals surface area contributed by atoms with Crippen LogP contribution in [0.4, 0.5) is 13.2 Å². The lowest BCUT2D eigenvalue weighted by atomic mass is 10.0. The number of carbonyl (C=O) groups is 1. The number of halogens is 3. The van der Waals surface area contributed by atoms with Gasteiger partial charge in [0.05, 0.1) is 18.7 Å². The van der Waals surface area contributed by atoms with Gasteiger partial charge >= 0.3 is 6.18 Å². The van der Waals surface area contributed by atoms with E-state index in [0.29, 0.717) is 18.8 Å². The van der Waals surface area contributed by atoms with Gasteiger partial charge in [-0.1, -0.05) is 24.3 Å². The van der Waals surface area contributed by atoms with Gasteiger partial charge in [0.2, 0.25) is 0 Å². The van der Waals surface area contributed by atoms with Crippen molar-refractivity contribution in [2.45, 2.75) is 25.3 Å². The number of nitrogens with zero attached hydrogens (tertiary/aromatic N) is 1. The average Bonchev–Trinajstić information content (AvgIpc) is 2.56. The molecule has 1 fully saturated rings. The lowest BCUT2D eigenvalue weighted by molar-refractivity contribution is -0.149. The summed E-state index contributed by atoms with van der Waals surface area (Å²) in [5, 5.41) is 10.1. The highest BCUT2D eigenvalue weighted by molar-refractivity contribution is 5.82. The van der Waals surface area contributed by atoms with E-state index < -0.39 is 23.8 Å². The van der Waals surface area contributed by atoms with Gasteiger partial charge < -0.3 is 14.7 Å². The third kappa shape index (κ3) is 3.99. The van der Waals surface area contributed by atoms with Crippen molar-refractivity contribution >= 4 is 5.91 Å². The highest BCUT2D eigenvalue weighted by Gasteiger charge is 2.36. The fraction of sp³-hybridized carbons (Fsp3) is 0.316. The molecule has 7 heteroatoms. The van der Waals surface area contributed by atoms with Gasteiger partial charge in [-0.15, -0.1) is 0 Å². The number of benzene rings is 2. The summed E-state index contributed by atoms with van der Waals surface area (Å²) in [6, 6.07) is 11.5. The number of hydrogen-bond acceptors (Lipinski definition) is 3. The number of rotatable bonds is 4. The van der Waals surface area contributed by atoms with E-state index in [1.54, 1.807) is 0 Å². The van der Waals surface area contributed by atoms with Crippen LogP contribution in [0.3, 0.4) is 0 Å². The van der Waals surface area contributed by atoms with Crippen LogP contribution in [0, 0.1) is 6.92 Å². The minimum atomic E-state index is -4.45. The molecular weight excluding hydrogens is 347 g/mol. The molecule has 1 saturated heterocycles. The molecule has 4 nitrogen and oxygen atoms in total. The van der Waals surface area contributed by atoms with Gasteiger partial charge in [0, 0.05) is 0 Å². The number of aryl methyl sites for hydroxylation is 1. The molecule has 1 heterocycles. The van der Waals surface area contributed by atoms with E-state index in [2.05, 4.69) is 0 Å². The Morgan fingerprint density at radius 2 is 1.85 bits per heavy atom. The van der Waals surface area contributed by atoms with Crippen LogP contribution in [0.15, 0.2) is 48.5 Å². The molecule has 1 aliphatic rings. The maximum Gasteiger partial charge on any atom is 0.416 e. The molecule has 138 valence electrons. The molecule has 2 aromatic carbocycles. The molecule has 1 unspecified atom stereocenters. The Morgan fingerprint density at radius 1 is 1.19 bits per heavy atom. The summed E-state index contributed by atoms with van der Waals surface area (Å²) < 4.78 is 43.4. The number of hydrogen-bond donors (Lipinski definition) is 1. The van der Waals surface area contributed by atoms with Gasteiger partial charge in [-0.25, -0.2) is 0 Å². The number of carbonyl (C=O) groups excluding carboxylic acids is 1. The summed E-state index contributed by atoms with van der Waals surface area (Å²) in [4.78, 5) is 13.7. The van der Waals surface area contributed by atoms with Crippen LogP contribution in [-0.4, -0.2) is 35.1 Å². The number of amides is 1. The molecule has 0 aromatic heterocycles. The van der Waals surface area contributed by atoms with Crippen molar-refractivity contribution in [2.75, 3.05) is 13.1 Å². The predicted molar refractivity (Wildman–Crippen MR) is 88.6 cm³/mol.